The largest absolute Gasteiger partial charge is 0.480 e. The van der Waals surface area contributed by atoms with E-state index in [9.17, 15) is 14.7 Å². The van der Waals surface area contributed by atoms with E-state index in [-0.39, 0.29) is 0 Å². The molecule has 18 heavy (non-hydrogen) atoms. The van der Waals surface area contributed by atoms with Crippen LogP contribution >= 0.6 is 0 Å². The molecule has 0 saturated heterocycles. The summed E-state index contributed by atoms with van der Waals surface area (Å²) >= 11 is 0. The lowest BCUT2D eigenvalue weighted by atomic mass is 9.76. The second-order valence-electron chi connectivity index (χ2n) is 5.39. The molecule has 1 aliphatic carbocycles. The van der Waals surface area contributed by atoms with Crippen molar-refractivity contribution in [1.82, 2.24) is 5.32 Å². The molecule has 1 aliphatic rings. The van der Waals surface area contributed by atoms with Crippen molar-refractivity contribution >= 4 is 11.9 Å². The molecule has 6 heteroatoms. The molecule has 0 aromatic carbocycles. The number of hydrogen-bond donors (Lipinski definition) is 4. The lowest BCUT2D eigenvalue weighted by Gasteiger charge is -2.36. The molecule has 0 heterocycles. The number of rotatable bonds is 4. The topological polar surface area (TPSA) is 113 Å². The van der Waals surface area contributed by atoms with Crippen LogP contribution in [0.1, 0.15) is 39.5 Å². The third-order valence-corrected chi connectivity index (χ3v) is 3.52. The van der Waals surface area contributed by atoms with Crippen LogP contribution < -0.4 is 11.1 Å². The highest BCUT2D eigenvalue weighted by atomic mass is 16.4. The Hall–Kier alpha value is -1.14. The molecule has 0 bridgehead atoms. The fourth-order valence-electron chi connectivity index (χ4n) is 2.47. The van der Waals surface area contributed by atoms with E-state index in [0.29, 0.717) is 18.8 Å². The predicted octanol–water partition coefficient (Wildman–Crippen LogP) is -0.156. The van der Waals surface area contributed by atoms with Gasteiger partial charge in [-0.1, -0.05) is 19.8 Å². The summed E-state index contributed by atoms with van der Waals surface area (Å²) in [6, 6.07) is -1.31. The normalized spacial score (nSPS) is 31.4. The van der Waals surface area contributed by atoms with Gasteiger partial charge in [-0.15, -0.1) is 0 Å². The maximum atomic E-state index is 12.1. The van der Waals surface area contributed by atoms with Gasteiger partial charge in [0.15, 0.2) is 6.04 Å². The quantitative estimate of drug-likeness (QED) is 0.560. The number of carboxylic acid groups (broad SMARTS) is 1. The highest BCUT2D eigenvalue weighted by Crippen LogP contribution is 2.30. The zero-order valence-electron chi connectivity index (χ0n) is 10.8. The smallest absolute Gasteiger partial charge is 0.328 e. The highest BCUT2D eigenvalue weighted by Gasteiger charge is 2.40. The molecule has 0 radical (unpaired) electrons. The van der Waals surface area contributed by atoms with Gasteiger partial charge in [-0.2, -0.15) is 0 Å². The number of carbonyl (C=O) groups excluding carboxylic acids is 1. The molecule has 4 atom stereocenters. The van der Waals surface area contributed by atoms with E-state index in [1.165, 1.54) is 6.92 Å². The average Bonchev–Trinajstić information content (AvgIpc) is 2.24. The molecular formula is C12H22N2O4. The van der Waals surface area contributed by atoms with E-state index < -0.39 is 29.6 Å². The first-order valence-electron chi connectivity index (χ1n) is 6.27. The second-order valence-corrected chi connectivity index (χ2v) is 5.39. The van der Waals surface area contributed by atoms with Gasteiger partial charge < -0.3 is 21.3 Å². The first kappa shape index (κ1) is 14.9. The molecule has 1 fully saturated rings. The SMILES string of the molecule is CC1CCCC(N)(C(=O)N[C@H](C(=O)O)[C@@H](C)O)C1. The van der Waals surface area contributed by atoms with Gasteiger partial charge in [-0.25, -0.2) is 4.79 Å². The molecule has 1 saturated carbocycles. The number of aliphatic hydroxyl groups excluding tert-OH is 1. The molecule has 0 aromatic heterocycles. The van der Waals surface area contributed by atoms with E-state index in [0.717, 1.165) is 12.8 Å². The third kappa shape index (κ3) is 3.43. The number of nitrogens with two attached hydrogens (primary N) is 1. The number of amides is 1. The van der Waals surface area contributed by atoms with Crippen LogP contribution in [0.3, 0.4) is 0 Å². The maximum Gasteiger partial charge on any atom is 0.328 e. The lowest BCUT2D eigenvalue weighted by molar-refractivity contribution is -0.146. The number of hydrogen-bond acceptors (Lipinski definition) is 4. The van der Waals surface area contributed by atoms with Crippen LogP contribution in [0.5, 0.6) is 0 Å². The van der Waals surface area contributed by atoms with Crippen LogP contribution in [-0.2, 0) is 9.59 Å². The number of nitrogens with one attached hydrogen (secondary N) is 1. The molecule has 0 spiro atoms. The Morgan fingerprint density at radius 3 is 2.56 bits per heavy atom. The molecule has 0 aromatic rings. The zero-order chi connectivity index (χ0) is 13.9. The van der Waals surface area contributed by atoms with Crippen molar-refractivity contribution in [2.75, 3.05) is 0 Å². The van der Waals surface area contributed by atoms with Crippen molar-refractivity contribution in [3.05, 3.63) is 0 Å². The molecule has 1 amide bonds. The van der Waals surface area contributed by atoms with Crippen molar-refractivity contribution in [3.63, 3.8) is 0 Å². The van der Waals surface area contributed by atoms with Gasteiger partial charge in [0.1, 0.15) is 0 Å². The first-order chi connectivity index (χ1) is 8.26. The summed E-state index contributed by atoms with van der Waals surface area (Å²) in [6.07, 6.45) is 1.83. The van der Waals surface area contributed by atoms with Gasteiger partial charge in [-0.05, 0) is 25.7 Å². The average molecular weight is 258 g/mol. The standard InChI is InChI=1S/C12H22N2O4/c1-7-4-3-5-12(13,6-7)11(18)14-9(8(2)15)10(16)17/h7-9,15H,3-6,13H2,1-2H3,(H,14,18)(H,16,17)/t7?,8-,9+,12?/m1/s1. The predicted molar refractivity (Wildman–Crippen MR) is 65.8 cm³/mol. The number of carbonyl (C=O) groups is 2. The zero-order valence-corrected chi connectivity index (χ0v) is 10.8. The minimum absolute atomic E-state index is 0.351. The Balaban J connectivity index is 2.71. The van der Waals surface area contributed by atoms with Gasteiger partial charge in [0, 0.05) is 0 Å². The summed E-state index contributed by atoms with van der Waals surface area (Å²) in [5.74, 6) is -1.39. The van der Waals surface area contributed by atoms with Gasteiger partial charge >= 0.3 is 5.97 Å². The summed E-state index contributed by atoms with van der Waals surface area (Å²) in [6.45, 7) is 3.35. The van der Waals surface area contributed by atoms with Crippen LogP contribution in [0.4, 0.5) is 0 Å². The van der Waals surface area contributed by atoms with Gasteiger partial charge in [0.05, 0.1) is 11.6 Å². The van der Waals surface area contributed by atoms with Gasteiger partial charge in [0.2, 0.25) is 5.91 Å². The molecular weight excluding hydrogens is 236 g/mol. The summed E-state index contributed by atoms with van der Waals surface area (Å²) in [5.41, 5.74) is 5.04. The summed E-state index contributed by atoms with van der Waals surface area (Å²) < 4.78 is 0. The Labute approximate surface area is 107 Å². The Morgan fingerprint density at radius 1 is 1.50 bits per heavy atom. The monoisotopic (exact) mass is 258 g/mol. The number of aliphatic hydroxyl groups is 1. The summed E-state index contributed by atoms with van der Waals surface area (Å²) in [4.78, 5) is 23.0. The minimum atomic E-state index is -1.31. The van der Waals surface area contributed by atoms with Crippen LogP contribution in [0, 0.1) is 5.92 Å². The molecule has 5 N–H and O–H groups in total. The Kier molecular flexibility index (Phi) is 4.70. The molecule has 104 valence electrons. The van der Waals surface area contributed by atoms with Crippen LogP contribution in [0.25, 0.3) is 0 Å². The molecule has 6 nitrogen and oxygen atoms in total. The Bertz CT molecular complexity index is 332. The van der Waals surface area contributed by atoms with Crippen LogP contribution in [0.2, 0.25) is 0 Å². The summed E-state index contributed by atoms with van der Waals surface area (Å²) in [7, 11) is 0. The van der Waals surface area contributed by atoms with E-state index in [2.05, 4.69) is 5.32 Å². The second kappa shape index (κ2) is 5.67. The number of aliphatic carboxylic acids is 1. The maximum absolute atomic E-state index is 12.1. The van der Waals surface area contributed by atoms with Crippen molar-refractivity contribution in [2.24, 2.45) is 11.7 Å². The minimum Gasteiger partial charge on any atom is -0.480 e. The lowest BCUT2D eigenvalue weighted by Crippen LogP contribution is -2.60. The van der Waals surface area contributed by atoms with Crippen LogP contribution in [-0.4, -0.2) is 39.8 Å². The first-order valence-corrected chi connectivity index (χ1v) is 6.27. The van der Waals surface area contributed by atoms with Crippen LogP contribution in [0.15, 0.2) is 0 Å². The fourth-order valence-corrected chi connectivity index (χ4v) is 2.47. The fraction of sp³-hybridized carbons (Fsp3) is 0.833. The van der Waals surface area contributed by atoms with Crippen molar-refractivity contribution in [1.29, 1.82) is 0 Å². The van der Waals surface area contributed by atoms with Gasteiger partial charge in [-0.3, -0.25) is 4.79 Å². The van der Waals surface area contributed by atoms with Gasteiger partial charge in [0.25, 0.3) is 0 Å². The highest BCUT2D eigenvalue weighted by molar-refractivity contribution is 5.90. The molecule has 2 unspecified atom stereocenters. The number of carboxylic acids is 1. The van der Waals surface area contributed by atoms with Crippen molar-refractivity contribution in [3.8, 4) is 0 Å². The summed E-state index contributed by atoms with van der Waals surface area (Å²) in [5, 5.41) is 20.6. The van der Waals surface area contributed by atoms with E-state index in [1.807, 2.05) is 6.92 Å². The van der Waals surface area contributed by atoms with E-state index in [4.69, 9.17) is 10.8 Å². The van der Waals surface area contributed by atoms with E-state index >= 15 is 0 Å². The van der Waals surface area contributed by atoms with Crippen molar-refractivity contribution in [2.45, 2.75) is 57.2 Å². The molecule has 0 aliphatic heterocycles. The Morgan fingerprint density at radius 2 is 2.11 bits per heavy atom. The molecule has 1 rings (SSSR count). The van der Waals surface area contributed by atoms with Crippen molar-refractivity contribution < 1.29 is 19.8 Å². The third-order valence-electron chi connectivity index (χ3n) is 3.52. The van der Waals surface area contributed by atoms with E-state index in [1.54, 1.807) is 0 Å².